The Balaban J connectivity index is 2.67. The van der Waals surface area contributed by atoms with Crippen LogP contribution in [0.15, 0.2) is 24.7 Å². The predicted molar refractivity (Wildman–Crippen MR) is 43.9 cm³/mol. The van der Waals surface area contributed by atoms with E-state index in [9.17, 15) is 0 Å². The lowest BCUT2D eigenvalue weighted by molar-refractivity contribution is 0.382. The Morgan fingerprint density at radius 3 is 3.08 bits per heavy atom. The maximum atomic E-state index is 4.88. The lowest BCUT2D eigenvalue weighted by Gasteiger charge is -1.97. The minimum Gasteiger partial charge on any atom is -0.467 e. The Morgan fingerprint density at radius 1 is 1.33 bits per heavy atom. The van der Waals surface area contributed by atoms with Gasteiger partial charge in [-0.3, -0.25) is 4.98 Å². The van der Waals surface area contributed by atoms with E-state index in [0.717, 1.165) is 10.9 Å². The molecule has 2 aromatic heterocycles. The molecule has 0 bridgehead atoms. The fourth-order valence-electron chi connectivity index (χ4n) is 0.956. The number of rotatable bonds is 1. The summed E-state index contributed by atoms with van der Waals surface area (Å²) in [5.41, 5.74) is 0.844. The summed E-state index contributed by atoms with van der Waals surface area (Å²) in [6, 6.07) is 2.20. The van der Waals surface area contributed by atoms with Crippen molar-refractivity contribution in [3.8, 4) is 6.01 Å². The lowest BCUT2D eigenvalue weighted by atomic mass is 10.3. The summed E-state index contributed by atoms with van der Waals surface area (Å²) in [4.78, 5) is 12.0. The van der Waals surface area contributed by atoms with Gasteiger partial charge in [-0.05, 0) is 6.07 Å². The average molecular weight is 161 g/mol. The molecular weight excluding hydrogens is 154 g/mol. The molecule has 0 N–H and O–H groups in total. The van der Waals surface area contributed by atoms with E-state index in [4.69, 9.17) is 4.74 Å². The maximum Gasteiger partial charge on any atom is 0.316 e. The van der Waals surface area contributed by atoms with Crippen LogP contribution < -0.4 is 4.74 Å². The molecule has 0 aliphatic carbocycles. The summed E-state index contributed by atoms with van der Waals surface area (Å²) in [6.07, 6.45) is 5.09. The van der Waals surface area contributed by atoms with Gasteiger partial charge in [0.05, 0.1) is 12.6 Å². The van der Waals surface area contributed by atoms with Gasteiger partial charge in [0.25, 0.3) is 0 Å². The Labute approximate surface area is 69.3 Å². The maximum absolute atomic E-state index is 4.88. The molecular formula is C8H7N3O. The Kier molecular flexibility index (Phi) is 1.59. The third kappa shape index (κ3) is 1.07. The Morgan fingerprint density at radius 2 is 2.25 bits per heavy atom. The van der Waals surface area contributed by atoms with Crippen LogP contribution in [0.5, 0.6) is 6.01 Å². The van der Waals surface area contributed by atoms with Crippen molar-refractivity contribution < 1.29 is 4.74 Å². The highest BCUT2D eigenvalue weighted by Crippen LogP contribution is 2.10. The van der Waals surface area contributed by atoms with Gasteiger partial charge in [0.1, 0.15) is 0 Å². The Bertz CT molecular complexity index is 402. The van der Waals surface area contributed by atoms with Gasteiger partial charge in [0.2, 0.25) is 0 Å². The van der Waals surface area contributed by atoms with E-state index in [1.54, 1.807) is 25.7 Å². The number of aromatic nitrogens is 3. The quantitative estimate of drug-likeness (QED) is 0.626. The number of pyridine rings is 1. The molecule has 0 atom stereocenters. The molecule has 0 spiro atoms. The van der Waals surface area contributed by atoms with Crippen LogP contribution >= 0.6 is 0 Å². The van der Waals surface area contributed by atoms with E-state index >= 15 is 0 Å². The monoisotopic (exact) mass is 161 g/mol. The number of nitrogens with zero attached hydrogens (tertiary/aromatic N) is 3. The first kappa shape index (κ1) is 6.97. The largest absolute Gasteiger partial charge is 0.467 e. The molecule has 0 aromatic carbocycles. The summed E-state index contributed by atoms with van der Waals surface area (Å²) in [5, 5.41) is 0.915. The van der Waals surface area contributed by atoms with E-state index in [1.807, 2.05) is 6.07 Å². The number of methoxy groups -OCH3 is 1. The molecule has 12 heavy (non-hydrogen) atoms. The number of hydrogen-bond donors (Lipinski definition) is 0. The highest BCUT2D eigenvalue weighted by molar-refractivity contribution is 5.76. The van der Waals surface area contributed by atoms with E-state index < -0.39 is 0 Å². The highest BCUT2D eigenvalue weighted by Gasteiger charge is 1.97. The first-order valence-corrected chi connectivity index (χ1v) is 3.51. The van der Waals surface area contributed by atoms with Gasteiger partial charge in [0.15, 0.2) is 0 Å². The second kappa shape index (κ2) is 2.73. The molecule has 0 saturated carbocycles. The SMILES string of the molecule is COc1ncc2cnccc2n1. The zero-order valence-electron chi connectivity index (χ0n) is 6.56. The minimum absolute atomic E-state index is 0.383. The van der Waals surface area contributed by atoms with Gasteiger partial charge in [-0.2, -0.15) is 4.98 Å². The molecule has 0 aliphatic heterocycles. The summed E-state index contributed by atoms with van der Waals surface area (Å²) in [7, 11) is 1.54. The Hall–Kier alpha value is -1.71. The van der Waals surface area contributed by atoms with Crippen LogP contribution in [0.3, 0.4) is 0 Å². The molecule has 2 heterocycles. The van der Waals surface area contributed by atoms with Crippen molar-refractivity contribution in [2.24, 2.45) is 0 Å². The minimum atomic E-state index is 0.383. The van der Waals surface area contributed by atoms with Gasteiger partial charge in [-0.1, -0.05) is 0 Å². The predicted octanol–water partition coefficient (Wildman–Crippen LogP) is 1.03. The van der Waals surface area contributed by atoms with Gasteiger partial charge in [-0.25, -0.2) is 4.98 Å². The standard InChI is InChI=1S/C8H7N3O/c1-12-8-10-5-6-4-9-3-2-7(6)11-8/h2-5H,1H3. The zero-order valence-corrected chi connectivity index (χ0v) is 6.56. The third-order valence-corrected chi connectivity index (χ3v) is 1.54. The van der Waals surface area contributed by atoms with Crippen molar-refractivity contribution >= 4 is 10.9 Å². The fraction of sp³-hybridized carbons (Fsp3) is 0.125. The van der Waals surface area contributed by atoms with Gasteiger partial charge in [-0.15, -0.1) is 0 Å². The summed E-state index contributed by atoms with van der Waals surface area (Å²) >= 11 is 0. The van der Waals surface area contributed by atoms with Gasteiger partial charge in [0, 0.05) is 24.0 Å². The molecule has 0 amide bonds. The van der Waals surface area contributed by atoms with Crippen LogP contribution in [0.2, 0.25) is 0 Å². The van der Waals surface area contributed by atoms with E-state index in [0.29, 0.717) is 6.01 Å². The molecule has 0 radical (unpaired) electrons. The summed E-state index contributed by atoms with van der Waals surface area (Å²) < 4.78 is 4.88. The summed E-state index contributed by atoms with van der Waals surface area (Å²) in [5.74, 6) is 0. The van der Waals surface area contributed by atoms with E-state index in [-0.39, 0.29) is 0 Å². The first-order valence-electron chi connectivity index (χ1n) is 3.51. The normalized spacial score (nSPS) is 10.1. The first-order chi connectivity index (χ1) is 5.90. The molecule has 4 heteroatoms. The topological polar surface area (TPSA) is 47.9 Å². The molecule has 4 nitrogen and oxygen atoms in total. The highest BCUT2D eigenvalue weighted by atomic mass is 16.5. The molecule has 0 unspecified atom stereocenters. The third-order valence-electron chi connectivity index (χ3n) is 1.54. The smallest absolute Gasteiger partial charge is 0.316 e. The second-order valence-electron chi connectivity index (χ2n) is 2.29. The van der Waals surface area contributed by atoms with Crippen molar-refractivity contribution in [2.75, 3.05) is 7.11 Å². The lowest BCUT2D eigenvalue weighted by Crippen LogP contribution is -1.91. The van der Waals surface area contributed by atoms with Crippen LogP contribution in [-0.4, -0.2) is 22.1 Å². The second-order valence-corrected chi connectivity index (χ2v) is 2.29. The number of ether oxygens (including phenoxy) is 1. The van der Waals surface area contributed by atoms with Crippen LogP contribution in [0.4, 0.5) is 0 Å². The van der Waals surface area contributed by atoms with E-state index in [2.05, 4.69) is 15.0 Å². The van der Waals surface area contributed by atoms with Crippen LogP contribution in [0, 0.1) is 0 Å². The molecule has 0 aliphatic rings. The summed E-state index contributed by atoms with van der Waals surface area (Å²) in [6.45, 7) is 0. The average Bonchev–Trinajstić information content (AvgIpc) is 2.17. The fourth-order valence-corrected chi connectivity index (χ4v) is 0.956. The van der Waals surface area contributed by atoms with Crippen LogP contribution in [-0.2, 0) is 0 Å². The van der Waals surface area contributed by atoms with Crippen molar-refractivity contribution in [3.63, 3.8) is 0 Å². The zero-order chi connectivity index (χ0) is 8.39. The van der Waals surface area contributed by atoms with E-state index in [1.165, 1.54) is 0 Å². The molecule has 0 fully saturated rings. The van der Waals surface area contributed by atoms with Crippen molar-refractivity contribution in [1.29, 1.82) is 0 Å². The van der Waals surface area contributed by atoms with Crippen molar-refractivity contribution in [1.82, 2.24) is 15.0 Å². The van der Waals surface area contributed by atoms with Crippen molar-refractivity contribution in [3.05, 3.63) is 24.7 Å². The number of fused-ring (bicyclic) bond motifs is 1. The van der Waals surface area contributed by atoms with Crippen LogP contribution in [0.1, 0.15) is 0 Å². The van der Waals surface area contributed by atoms with Gasteiger partial charge < -0.3 is 4.74 Å². The van der Waals surface area contributed by atoms with Gasteiger partial charge >= 0.3 is 6.01 Å². The van der Waals surface area contributed by atoms with Crippen LogP contribution in [0.25, 0.3) is 10.9 Å². The molecule has 2 rings (SSSR count). The number of hydrogen-bond acceptors (Lipinski definition) is 4. The molecule has 2 aromatic rings. The molecule has 0 saturated heterocycles. The molecule has 60 valence electrons. The van der Waals surface area contributed by atoms with Crippen molar-refractivity contribution in [2.45, 2.75) is 0 Å².